The molecule has 0 unspecified atom stereocenters. The minimum absolute atomic E-state index is 0.605. The summed E-state index contributed by atoms with van der Waals surface area (Å²) in [6.45, 7) is 0.605. The number of hydrogen-bond acceptors (Lipinski definition) is 4. The van der Waals surface area contributed by atoms with Crippen molar-refractivity contribution in [2.24, 2.45) is 0 Å². The second-order valence-electron chi connectivity index (χ2n) is 3.75. The van der Waals surface area contributed by atoms with Crippen LogP contribution in [0, 0.1) is 0 Å². The van der Waals surface area contributed by atoms with Crippen molar-refractivity contribution < 1.29 is 5.73 Å². The van der Waals surface area contributed by atoms with E-state index in [1.165, 1.54) is 0 Å². The number of thioether (sulfide) groups is 1. The third kappa shape index (κ3) is 2.05. The zero-order chi connectivity index (χ0) is 12.5. The Morgan fingerprint density at radius 2 is 2.06 bits per heavy atom. The second kappa shape index (κ2) is 4.75. The SMILES string of the molecule is [NH3+]Cc1nnc2n1NC(c1ccc(Br)cc1)=CS2. The van der Waals surface area contributed by atoms with E-state index in [-0.39, 0.29) is 0 Å². The first-order chi connectivity index (χ1) is 8.78. The first-order valence-corrected chi connectivity index (χ1v) is 7.08. The number of nitrogens with zero attached hydrogens (tertiary/aromatic N) is 3. The highest BCUT2D eigenvalue weighted by molar-refractivity contribution is 9.10. The average molecular weight is 325 g/mol. The number of nitrogens with one attached hydrogen (secondary N) is 1. The van der Waals surface area contributed by atoms with E-state index in [0.717, 1.165) is 26.7 Å². The fourth-order valence-electron chi connectivity index (χ4n) is 1.67. The number of fused-ring (bicyclic) bond motifs is 1. The van der Waals surface area contributed by atoms with E-state index in [9.17, 15) is 0 Å². The molecule has 0 spiro atoms. The smallest absolute Gasteiger partial charge is 0.214 e. The maximum absolute atomic E-state index is 4.09. The first-order valence-electron chi connectivity index (χ1n) is 5.41. The molecule has 2 aromatic rings. The van der Waals surface area contributed by atoms with Crippen molar-refractivity contribution >= 4 is 33.4 Å². The Kier molecular flexibility index (Phi) is 3.11. The fraction of sp³-hybridized carbons (Fsp3) is 0.0909. The highest BCUT2D eigenvalue weighted by Gasteiger charge is 2.18. The van der Waals surface area contributed by atoms with Gasteiger partial charge in [-0.2, -0.15) is 0 Å². The van der Waals surface area contributed by atoms with Crippen molar-refractivity contribution in [1.82, 2.24) is 14.9 Å². The number of quaternary nitrogens is 1. The summed E-state index contributed by atoms with van der Waals surface area (Å²) in [6.07, 6.45) is 0. The van der Waals surface area contributed by atoms with Crippen LogP contribution in [-0.4, -0.2) is 14.9 Å². The maximum Gasteiger partial charge on any atom is 0.214 e. The van der Waals surface area contributed by atoms with Crippen LogP contribution >= 0.6 is 27.7 Å². The molecule has 1 aromatic heterocycles. The quantitative estimate of drug-likeness (QED) is 0.876. The zero-order valence-corrected chi connectivity index (χ0v) is 11.8. The molecule has 4 N–H and O–H groups in total. The van der Waals surface area contributed by atoms with Crippen LogP contribution in [0.25, 0.3) is 5.70 Å². The molecule has 1 aliphatic rings. The molecule has 0 aliphatic carbocycles. The summed E-state index contributed by atoms with van der Waals surface area (Å²) in [6, 6.07) is 8.16. The lowest BCUT2D eigenvalue weighted by Crippen LogP contribution is -2.49. The minimum atomic E-state index is 0.605. The third-order valence-electron chi connectivity index (χ3n) is 2.59. The van der Waals surface area contributed by atoms with Gasteiger partial charge in [0.05, 0.1) is 5.70 Å². The fourth-order valence-corrected chi connectivity index (χ4v) is 2.69. The van der Waals surface area contributed by atoms with Gasteiger partial charge in [-0.1, -0.05) is 39.8 Å². The Labute approximate surface area is 117 Å². The van der Waals surface area contributed by atoms with Crippen LogP contribution < -0.4 is 11.2 Å². The normalized spacial score (nSPS) is 13.8. The Balaban J connectivity index is 1.92. The van der Waals surface area contributed by atoms with Crippen molar-refractivity contribution in [1.29, 1.82) is 0 Å². The highest BCUT2D eigenvalue weighted by Crippen LogP contribution is 2.28. The van der Waals surface area contributed by atoms with Crippen molar-refractivity contribution in [3.8, 4) is 0 Å². The molecule has 7 heteroatoms. The molecule has 0 amide bonds. The molecule has 5 nitrogen and oxygen atoms in total. The van der Waals surface area contributed by atoms with Crippen LogP contribution in [0.4, 0.5) is 0 Å². The van der Waals surface area contributed by atoms with E-state index >= 15 is 0 Å². The molecular formula is C11H11BrN5S+. The first kappa shape index (κ1) is 11.8. The lowest BCUT2D eigenvalue weighted by molar-refractivity contribution is -0.388. The summed E-state index contributed by atoms with van der Waals surface area (Å²) < 4.78 is 2.95. The topological polar surface area (TPSA) is 70.4 Å². The van der Waals surface area contributed by atoms with Gasteiger partial charge in [-0.05, 0) is 12.1 Å². The summed E-state index contributed by atoms with van der Waals surface area (Å²) in [5.74, 6) is 0.834. The van der Waals surface area contributed by atoms with Gasteiger partial charge in [0.1, 0.15) is 6.54 Å². The van der Waals surface area contributed by atoms with Crippen molar-refractivity contribution in [3.63, 3.8) is 0 Å². The molecule has 3 rings (SSSR count). The van der Waals surface area contributed by atoms with Crippen molar-refractivity contribution in [3.05, 3.63) is 45.5 Å². The predicted molar refractivity (Wildman–Crippen MR) is 74.0 cm³/mol. The molecule has 0 bridgehead atoms. The van der Waals surface area contributed by atoms with Crippen LogP contribution in [-0.2, 0) is 6.54 Å². The van der Waals surface area contributed by atoms with Crippen LogP contribution in [0.1, 0.15) is 11.4 Å². The highest BCUT2D eigenvalue weighted by atomic mass is 79.9. The van der Waals surface area contributed by atoms with E-state index in [1.807, 2.05) is 22.2 Å². The number of hydrogen-bond donors (Lipinski definition) is 2. The van der Waals surface area contributed by atoms with Gasteiger partial charge in [0.15, 0.2) is 0 Å². The van der Waals surface area contributed by atoms with Gasteiger partial charge in [0.25, 0.3) is 0 Å². The van der Waals surface area contributed by atoms with Gasteiger partial charge in [-0.25, -0.2) is 4.68 Å². The molecule has 18 heavy (non-hydrogen) atoms. The molecule has 2 heterocycles. The van der Waals surface area contributed by atoms with Gasteiger partial charge in [-0.15, -0.1) is 10.2 Å². The van der Waals surface area contributed by atoms with Gasteiger partial charge in [-0.3, -0.25) is 5.43 Å². The lowest BCUT2D eigenvalue weighted by atomic mass is 10.2. The number of halogens is 1. The van der Waals surface area contributed by atoms with Crippen LogP contribution in [0.5, 0.6) is 0 Å². The number of benzene rings is 1. The summed E-state index contributed by atoms with van der Waals surface area (Å²) in [5, 5.41) is 11.1. The van der Waals surface area contributed by atoms with E-state index < -0.39 is 0 Å². The van der Waals surface area contributed by atoms with E-state index in [4.69, 9.17) is 0 Å². The summed E-state index contributed by atoms with van der Waals surface area (Å²) in [5.41, 5.74) is 9.32. The Morgan fingerprint density at radius 1 is 1.28 bits per heavy atom. The lowest BCUT2D eigenvalue weighted by Gasteiger charge is -2.18. The molecule has 0 saturated heterocycles. The zero-order valence-electron chi connectivity index (χ0n) is 9.43. The van der Waals surface area contributed by atoms with Crippen molar-refractivity contribution in [2.75, 3.05) is 5.43 Å². The number of rotatable bonds is 2. The molecule has 1 aliphatic heterocycles. The summed E-state index contributed by atoms with van der Waals surface area (Å²) in [7, 11) is 0. The standard InChI is InChI=1S/C11H10BrN5S/c12-8-3-1-7(2-4-8)9-6-18-11-15-14-10(5-13)17(11)16-9/h1-4,6,16H,5,13H2/p+1. The molecule has 0 atom stereocenters. The Morgan fingerprint density at radius 3 is 2.78 bits per heavy atom. The van der Waals surface area contributed by atoms with Gasteiger partial charge in [0, 0.05) is 15.4 Å². The molecule has 92 valence electrons. The van der Waals surface area contributed by atoms with Gasteiger partial charge >= 0.3 is 0 Å². The van der Waals surface area contributed by atoms with Gasteiger partial charge in [0.2, 0.25) is 11.0 Å². The van der Waals surface area contributed by atoms with Crippen LogP contribution in [0.3, 0.4) is 0 Å². The maximum atomic E-state index is 4.09. The average Bonchev–Trinajstić information content (AvgIpc) is 2.81. The minimum Gasteiger partial charge on any atom is -0.351 e. The largest absolute Gasteiger partial charge is 0.351 e. The third-order valence-corrected chi connectivity index (χ3v) is 3.95. The molecule has 1 aromatic carbocycles. The molecule has 0 radical (unpaired) electrons. The van der Waals surface area contributed by atoms with Crippen LogP contribution in [0.15, 0.2) is 39.3 Å². The number of aromatic nitrogens is 3. The summed E-state index contributed by atoms with van der Waals surface area (Å²) >= 11 is 4.99. The Bertz CT molecular complexity index is 604. The van der Waals surface area contributed by atoms with E-state index in [1.54, 1.807) is 11.8 Å². The van der Waals surface area contributed by atoms with Crippen molar-refractivity contribution in [2.45, 2.75) is 11.7 Å². The second-order valence-corrected chi connectivity index (χ2v) is 5.50. The van der Waals surface area contributed by atoms with E-state index in [0.29, 0.717) is 6.54 Å². The Hall–Kier alpha value is -1.31. The predicted octanol–water partition coefficient (Wildman–Crippen LogP) is 1.43. The monoisotopic (exact) mass is 324 g/mol. The van der Waals surface area contributed by atoms with E-state index in [2.05, 4.69) is 49.4 Å². The molecular weight excluding hydrogens is 314 g/mol. The molecule has 0 fully saturated rings. The molecule has 0 saturated carbocycles. The van der Waals surface area contributed by atoms with Gasteiger partial charge < -0.3 is 5.73 Å². The summed E-state index contributed by atoms with van der Waals surface area (Å²) in [4.78, 5) is 0. The van der Waals surface area contributed by atoms with Crippen LogP contribution in [0.2, 0.25) is 0 Å².